The number of pyridine rings is 1. The highest BCUT2D eigenvalue weighted by Crippen LogP contribution is 2.28. The number of anilines is 1. The van der Waals surface area contributed by atoms with Crippen molar-refractivity contribution in [1.29, 1.82) is 0 Å². The highest BCUT2D eigenvalue weighted by atomic mass is 32.1. The molecule has 2 aromatic heterocycles. The molecule has 0 aliphatic rings. The average molecular weight is 216 g/mol. The molecule has 0 unspecified atom stereocenters. The molecule has 0 saturated carbocycles. The Labute approximate surface area is 89.2 Å². The van der Waals surface area contributed by atoms with E-state index in [0.29, 0.717) is 11.1 Å². The number of H-pyrrole nitrogens is 1. The standard InChI is InChI=1S/C11H8N2OS/c12-8-3-1-2-6-9(8)7-4-5-15-11(7)13-10(6)14/h1-5H,12H2,(H,13,14). The maximum atomic E-state index is 11.7. The Morgan fingerprint density at radius 1 is 1.20 bits per heavy atom. The summed E-state index contributed by atoms with van der Waals surface area (Å²) in [4.78, 5) is 15.5. The minimum Gasteiger partial charge on any atom is -0.398 e. The first-order valence-corrected chi connectivity index (χ1v) is 5.43. The average Bonchev–Trinajstić information content (AvgIpc) is 2.66. The van der Waals surface area contributed by atoms with Gasteiger partial charge in [-0.25, -0.2) is 0 Å². The molecule has 0 radical (unpaired) electrons. The van der Waals surface area contributed by atoms with Crippen LogP contribution in [0.3, 0.4) is 0 Å². The van der Waals surface area contributed by atoms with Crippen molar-refractivity contribution >= 4 is 38.0 Å². The lowest BCUT2D eigenvalue weighted by atomic mass is 10.1. The number of fused-ring (bicyclic) bond motifs is 3. The molecule has 3 nitrogen and oxygen atoms in total. The molecular weight excluding hydrogens is 208 g/mol. The van der Waals surface area contributed by atoms with Gasteiger partial charge in [-0.1, -0.05) is 6.07 Å². The van der Waals surface area contributed by atoms with E-state index in [1.807, 2.05) is 17.5 Å². The largest absolute Gasteiger partial charge is 0.398 e. The number of nitrogens with one attached hydrogen (secondary N) is 1. The van der Waals surface area contributed by atoms with Gasteiger partial charge in [-0.3, -0.25) is 4.79 Å². The summed E-state index contributed by atoms with van der Waals surface area (Å²) >= 11 is 1.51. The first-order chi connectivity index (χ1) is 7.27. The van der Waals surface area contributed by atoms with Gasteiger partial charge in [0, 0.05) is 21.8 Å². The van der Waals surface area contributed by atoms with Crippen molar-refractivity contribution in [3.05, 3.63) is 40.0 Å². The van der Waals surface area contributed by atoms with Gasteiger partial charge in [0.2, 0.25) is 0 Å². The number of benzene rings is 1. The monoisotopic (exact) mass is 216 g/mol. The zero-order valence-corrected chi connectivity index (χ0v) is 8.60. The number of thiophene rings is 1. The van der Waals surface area contributed by atoms with Crippen LogP contribution in [0.2, 0.25) is 0 Å². The smallest absolute Gasteiger partial charge is 0.256 e. The van der Waals surface area contributed by atoms with E-state index >= 15 is 0 Å². The molecule has 0 fully saturated rings. The fourth-order valence-corrected chi connectivity index (χ4v) is 2.62. The van der Waals surface area contributed by atoms with Crippen LogP contribution in [0, 0.1) is 0 Å². The van der Waals surface area contributed by atoms with Crippen LogP contribution in [0.25, 0.3) is 21.0 Å². The molecule has 0 aliphatic heterocycles. The Morgan fingerprint density at radius 3 is 2.93 bits per heavy atom. The summed E-state index contributed by atoms with van der Waals surface area (Å²) in [6, 6.07) is 7.39. The fourth-order valence-electron chi connectivity index (χ4n) is 1.83. The van der Waals surface area contributed by atoms with Gasteiger partial charge in [0.25, 0.3) is 5.56 Å². The summed E-state index contributed by atoms with van der Waals surface area (Å²) in [6.45, 7) is 0. The van der Waals surface area contributed by atoms with Crippen molar-refractivity contribution in [2.24, 2.45) is 0 Å². The summed E-state index contributed by atoms with van der Waals surface area (Å²) in [5.74, 6) is 0. The topological polar surface area (TPSA) is 58.9 Å². The minimum absolute atomic E-state index is 0.0766. The summed E-state index contributed by atoms with van der Waals surface area (Å²) in [5, 5.41) is 4.48. The molecular formula is C11H8N2OS. The third kappa shape index (κ3) is 1.08. The quantitative estimate of drug-likeness (QED) is 0.566. The predicted octanol–water partition coefficient (Wildman–Crippen LogP) is 2.33. The molecule has 15 heavy (non-hydrogen) atoms. The summed E-state index contributed by atoms with van der Waals surface area (Å²) in [6.07, 6.45) is 0. The molecule has 0 saturated heterocycles. The third-order valence-electron chi connectivity index (χ3n) is 2.50. The van der Waals surface area contributed by atoms with Gasteiger partial charge in [-0.2, -0.15) is 0 Å². The minimum atomic E-state index is -0.0766. The number of hydrogen-bond acceptors (Lipinski definition) is 3. The Balaban J connectivity index is 2.76. The van der Waals surface area contributed by atoms with E-state index in [1.165, 1.54) is 11.3 Å². The molecule has 4 heteroatoms. The summed E-state index contributed by atoms with van der Waals surface area (Å²) < 4.78 is 0. The normalized spacial score (nSPS) is 11.2. The number of nitrogen functional groups attached to an aromatic ring is 1. The molecule has 0 amide bonds. The van der Waals surface area contributed by atoms with E-state index in [2.05, 4.69) is 4.98 Å². The van der Waals surface area contributed by atoms with Crippen LogP contribution in [0.1, 0.15) is 0 Å². The predicted molar refractivity (Wildman–Crippen MR) is 64.4 cm³/mol. The molecule has 1 aromatic carbocycles. The second-order valence-electron chi connectivity index (χ2n) is 3.39. The highest BCUT2D eigenvalue weighted by Gasteiger charge is 2.07. The van der Waals surface area contributed by atoms with Crippen molar-refractivity contribution in [3.8, 4) is 0 Å². The lowest BCUT2D eigenvalue weighted by molar-refractivity contribution is 1.37. The first-order valence-electron chi connectivity index (χ1n) is 4.55. The zero-order chi connectivity index (χ0) is 10.4. The first kappa shape index (κ1) is 8.49. The van der Waals surface area contributed by atoms with Crippen molar-refractivity contribution in [2.45, 2.75) is 0 Å². The molecule has 0 bridgehead atoms. The second kappa shape index (κ2) is 2.84. The Morgan fingerprint density at radius 2 is 2.07 bits per heavy atom. The van der Waals surface area contributed by atoms with Crippen LogP contribution in [-0.2, 0) is 0 Å². The molecule has 0 atom stereocenters. The van der Waals surface area contributed by atoms with Crippen molar-refractivity contribution in [2.75, 3.05) is 5.73 Å². The Bertz CT molecular complexity index is 711. The van der Waals surface area contributed by atoms with Crippen molar-refractivity contribution < 1.29 is 0 Å². The van der Waals surface area contributed by atoms with Crippen LogP contribution in [0.5, 0.6) is 0 Å². The lowest BCUT2D eigenvalue weighted by Gasteiger charge is -2.02. The van der Waals surface area contributed by atoms with Gasteiger partial charge in [-0.05, 0) is 23.6 Å². The molecule has 0 aliphatic carbocycles. The molecule has 3 N–H and O–H groups in total. The van der Waals surface area contributed by atoms with Gasteiger partial charge >= 0.3 is 0 Å². The number of aromatic amines is 1. The molecule has 3 rings (SSSR count). The maximum absolute atomic E-state index is 11.7. The Hall–Kier alpha value is -1.81. The van der Waals surface area contributed by atoms with Gasteiger partial charge in [0.15, 0.2) is 0 Å². The van der Waals surface area contributed by atoms with Crippen LogP contribution >= 0.6 is 11.3 Å². The van der Waals surface area contributed by atoms with Crippen LogP contribution in [0.15, 0.2) is 34.4 Å². The summed E-state index contributed by atoms with van der Waals surface area (Å²) in [5.41, 5.74) is 6.48. The lowest BCUT2D eigenvalue weighted by Crippen LogP contribution is -2.06. The molecule has 0 spiro atoms. The fraction of sp³-hybridized carbons (Fsp3) is 0. The van der Waals surface area contributed by atoms with E-state index in [9.17, 15) is 4.79 Å². The van der Waals surface area contributed by atoms with Gasteiger partial charge < -0.3 is 10.7 Å². The van der Waals surface area contributed by atoms with Gasteiger partial charge in [0.05, 0.1) is 0 Å². The van der Waals surface area contributed by atoms with Crippen LogP contribution in [-0.4, -0.2) is 4.98 Å². The number of aromatic nitrogens is 1. The SMILES string of the molecule is Nc1cccc2c(=O)[nH]c3sccc3c12. The number of hydrogen-bond donors (Lipinski definition) is 2. The van der Waals surface area contributed by atoms with E-state index in [0.717, 1.165) is 15.6 Å². The summed E-state index contributed by atoms with van der Waals surface area (Å²) in [7, 11) is 0. The zero-order valence-electron chi connectivity index (χ0n) is 7.78. The second-order valence-corrected chi connectivity index (χ2v) is 4.30. The van der Waals surface area contributed by atoms with E-state index in [1.54, 1.807) is 12.1 Å². The van der Waals surface area contributed by atoms with E-state index < -0.39 is 0 Å². The van der Waals surface area contributed by atoms with Gasteiger partial charge in [-0.15, -0.1) is 11.3 Å². The third-order valence-corrected chi connectivity index (χ3v) is 3.33. The Kier molecular flexibility index (Phi) is 1.61. The molecule has 3 aromatic rings. The molecule has 2 heterocycles. The van der Waals surface area contributed by atoms with Crippen LogP contribution in [0.4, 0.5) is 5.69 Å². The highest BCUT2D eigenvalue weighted by molar-refractivity contribution is 7.16. The van der Waals surface area contributed by atoms with Crippen molar-refractivity contribution in [3.63, 3.8) is 0 Å². The van der Waals surface area contributed by atoms with Crippen molar-refractivity contribution in [1.82, 2.24) is 4.98 Å². The van der Waals surface area contributed by atoms with E-state index in [-0.39, 0.29) is 5.56 Å². The van der Waals surface area contributed by atoms with Crippen LogP contribution < -0.4 is 11.3 Å². The maximum Gasteiger partial charge on any atom is 0.256 e. The van der Waals surface area contributed by atoms with E-state index in [4.69, 9.17) is 5.73 Å². The molecule has 74 valence electrons. The number of nitrogens with two attached hydrogens (primary N) is 1. The van der Waals surface area contributed by atoms with Gasteiger partial charge in [0.1, 0.15) is 4.83 Å². The number of rotatable bonds is 0.